The number of hydrogen-bond acceptors (Lipinski definition) is 4. The molecule has 0 saturated carbocycles. The maximum atomic E-state index is 12.0. The number of hydrogen-bond donors (Lipinski definition) is 1. The van der Waals surface area contributed by atoms with E-state index in [1.54, 1.807) is 18.2 Å². The minimum absolute atomic E-state index is 0.0309. The van der Waals surface area contributed by atoms with Crippen molar-refractivity contribution in [1.82, 2.24) is 0 Å². The molecule has 4 nitrogen and oxygen atoms in total. The summed E-state index contributed by atoms with van der Waals surface area (Å²) >= 11 is 0. The van der Waals surface area contributed by atoms with Crippen LogP contribution in [0.3, 0.4) is 0 Å². The number of nitrogens with two attached hydrogens (primary N) is 1. The van der Waals surface area contributed by atoms with Gasteiger partial charge < -0.3 is 15.2 Å². The zero-order chi connectivity index (χ0) is 15.0. The maximum Gasteiger partial charge on any atom is 0.164 e. The Morgan fingerprint density at radius 3 is 2.30 bits per heavy atom. The molecule has 1 unspecified atom stereocenters. The van der Waals surface area contributed by atoms with Gasteiger partial charge in [-0.3, -0.25) is 4.79 Å². The van der Waals surface area contributed by atoms with Gasteiger partial charge in [0.1, 0.15) is 0 Å². The summed E-state index contributed by atoms with van der Waals surface area (Å²) < 4.78 is 11.3. The molecule has 0 heterocycles. The summed E-state index contributed by atoms with van der Waals surface area (Å²) in [6.45, 7) is 7.15. The van der Waals surface area contributed by atoms with E-state index in [1.807, 2.05) is 20.8 Å². The van der Waals surface area contributed by atoms with Crippen molar-refractivity contribution in [2.75, 3.05) is 13.2 Å². The van der Waals surface area contributed by atoms with Crippen LogP contribution in [0.2, 0.25) is 0 Å². The van der Waals surface area contributed by atoms with Gasteiger partial charge in [0, 0.05) is 18.0 Å². The molecule has 0 fully saturated rings. The number of carbonyl (C=O) groups excluding carboxylic acids is 1. The zero-order valence-electron chi connectivity index (χ0n) is 12.6. The van der Waals surface area contributed by atoms with Gasteiger partial charge in [0.05, 0.1) is 13.2 Å². The van der Waals surface area contributed by atoms with Gasteiger partial charge in [0.15, 0.2) is 17.3 Å². The van der Waals surface area contributed by atoms with Crippen LogP contribution in [0.4, 0.5) is 0 Å². The van der Waals surface area contributed by atoms with Crippen LogP contribution in [0.15, 0.2) is 18.2 Å². The summed E-state index contributed by atoms with van der Waals surface area (Å²) in [6.07, 6.45) is 2.17. The van der Waals surface area contributed by atoms with Crippen LogP contribution in [0.1, 0.15) is 50.4 Å². The predicted molar refractivity (Wildman–Crippen MR) is 80.6 cm³/mol. The summed E-state index contributed by atoms with van der Waals surface area (Å²) in [4.78, 5) is 12.0. The van der Waals surface area contributed by atoms with Crippen molar-refractivity contribution in [2.24, 2.45) is 5.73 Å². The van der Waals surface area contributed by atoms with E-state index < -0.39 is 0 Å². The molecule has 20 heavy (non-hydrogen) atoms. The Bertz CT molecular complexity index is 430. The first-order valence-electron chi connectivity index (χ1n) is 7.26. The zero-order valence-corrected chi connectivity index (χ0v) is 12.6. The number of Topliss-reactive ketones (excluding diaryl/α,β-unsaturated/α-hetero) is 1. The molecular weight excluding hydrogens is 254 g/mol. The molecule has 1 rings (SSSR count). The molecule has 0 aliphatic heterocycles. The molecule has 2 N–H and O–H groups in total. The predicted octanol–water partition coefficient (Wildman–Crippen LogP) is 3.18. The Morgan fingerprint density at radius 1 is 1.15 bits per heavy atom. The Labute approximate surface area is 121 Å². The average molecular weight is 279 g/mol. The number of rotatable bonds is 9. The third-order valence-corrected chi connectivity index (χ3v) is 2.70. The van der Waals surface area contributed by atoms with Crippen LogP contribution in [0, 0.1) is 0 Å². The monoisotopic (exact) mass is 279 g/mol. The molecule has 0 spiro atoms. The van der Waals surface area contributed by atoms with Crippen molar-refractivity contribution in [3.8, 4) is 11.5 Å². The molecule has 0 bridgehead atoms. The SMILES string of the molecule is CCCOc1ccc(C(=O)CC(C)N)cc1OCCC. The summed E-state index contributed by atoms with van der Waals surface area (Å²) in [7, 11) is 0. The summed E-state index contributed by atoms with van der Waals surface area (Å²) in [5.41, 5.74) is 6.29. The molecule has 112 valence electrons. The van der Waals surface area contributed by atoms with Crippen molar-refractivity contribution in [1.29, 1.82) is 0 Å². The van der Waals surface area contributed by atoms with Gasteiger partial charge in [-0.25, -0.2) is 0 Å². The topological polar surface area (TPSA) is 61.5 Å². The molecule has 0 aliphatic rings. The second kappa shape index (κ2) is 8.59. The molecule has 0 aromatic heterocycles. The smallest absolute Gasteiger partial charge is 0.164 e. The molecule has 0 aliphatic carbocycles. The van der Waals surface area contributed by atoms with Crippen LogP contribution < -0.4 is 15.2 Å². The molecule has 1 atom stereocenters. The third kappa shape index (κ3) is 5.21. The highest BCUT2D eigenvalue weighted by atomic mass is 16.5. The number of benzene rings is 1. The largest absolute Gasteiger partial charge is 0.490 e. The van der Waals surface area contributed by atoms with Gasteiger partial charge in [0.25, 0.3) is 0 Å². The van der Waals surface area contributed by atoms with E-state index >= 15 is 0 Å². The normalized spacial score (nSPS) is 12.0. The lowest BCUT2D eigenvalue weighted by molar-refractivity contribution is 0.0976. The fourth-order valence-corrected chi connectivity index (χ4v) is 1.75. The van der Waals surface area contributed by atoms with Gasteiger partial charge >= 0.3 is 0 Å². The first-order valence-corrected chi connectivity index (χ1v) is 7.26. The lowest BCUT2D eigenvalue weighted by Crippen LogP contribution is -2.19. The van der Waals surface area contributed by atoms with Gasteiger partial charge in [-0.2, -0.15) is 0 Å². The molecular formula is C16H25NO3. The van der Waals surface area contributed by atoms with E-state index in [0.29, 0.717) is 36.7 Å². The van der Waals surface area contributed by atoms with E-state index in [1.165, 1.54) is 0 Å². The van der Waals surface area contributed by atoms with Crippen molar-refractivity contribution in [3.05, 3.63) is 23.8 Å². The van der Waals surface area contributed by atoms with Crippen LogP contribution in [-0.4, -0.2) is 25.0 Å². The maximum absolute atomic E-state index is 12.0. The van der Waals surface area contributed by atoms with Gasteiger partial charge in [-0.1, -0.05) is 13.8 Å². The highest BCUT2D eigenvalue weighted by Gasteiger charge is 2.13. The molecule has 0 radical (unpaired) electrons. The Hall–Kier alpha value is -1.55. The van der Waals surface area contributed by atoms with E-state index in [4.69, 9.17) is 15.2 Å². The Balaban J connectivity index is 2.90. The van der Waals surface area contributed by atoms with Crippen LogP contribution in [0.25, 0.3) is 0 Å². The first kappa shape index (κ1) is 16.5. The van der Waals surface area contributed by atoms with Crippen LogP contribution >= 0.6 is 0 Å². The van der Waals surface area contributed by atoms with Gasteiger partial charge in [-0.15, -0.1) is 0 Å². The van der Waals surface area contributed by atoms with Crippen molar-refractivity contribution < 1.29 is 14.3 Å². The second-order valence-corrected chi connectivity index (χ2v) is 4.96. The number of ether oxygens (including phenoxy) is 2. The van der Waals surface area contributed by atoms with E-state index in [0.717, 1.165) is 12.8 Å². The van der Waals surface area contributed by atoms with E-state index in [9.17, 15) is 4.79 Å². The lowest BCUT2D eigenvalue weighted by Gasteiger charge is -2.13. The Kier molecular flexibility index (Phi) is 7.09. The van der Waals surface area contributed by atoms with Crippen molar-refractivity contribution >= 4 is 5.78 Å². The quantitative estimate of drug-likeness (QED) is 0.705. The van der Waals surface area contributed by atoms with Crippen molar-refractivity contribution in [3.63, 3.8) is 0 Å². The standard InChI is InChI=1S/C16H25NO3/c1-4-8-19-15-7-6-13(14(18)10-12(3)17)11-16(15)20-9-5-2/h6-7,11-12H,4-5,8-10,17H2,1-3H3. The molecule has 1 aromatic rings. The highest BCUT2D eigenvalue weighted by molar-refractivity contribution is 5.97. The lowest BCUT2D eigenvalue weighted by atomic mass is 10.0. The molecule has 0 amide bonds. The molecule has 4 heteroatoms. The van der Waals surface area contributed by atoms with Crippen LogP contribution in [-0.2, 0) is 0 Å². The van der Waals surface area contributed by atoms with Crippen LogP contribution in [0.5, 0.6) is 11.5 Å². The molecule has 0 saturated heterocycles. The second-order valence-electron chi connectivity index (χ2n) is 4.96. The Morgan fingerprint density at radius 2 is 1.75 bits per heavy atom. The van der Waals surface area contributed by atoms with E-state index in [2.05, 4.69) is 0 Å². The summed E-state index contributed by atoms with van der Waals surface area (Å²) in [6, 6.07) is 5.19. The molecule has 1 aromatic carbocycles. The summed E-state index contributed by atoms with van der Waals surface area (Å²) in [5, 5.41) is 0. The number of ketones is 1. The fraction of sp³-hybridized carbons (Fsp3) is 0.562. The van der Waals surface area contributed by atoms with Gasteiger partial charge in [0.2, 0.25) is 0 Å². The average Bonchev–Trinajstić information content (AvgIpc) is 2.42. The third-order valence-electron chi connectivity index (χ3n) is 2.70. The minimum atomic E-state index is -0.140. The number of carbonyl (C=O) groups is 1. The van der Waals surface area contributed by atoms with E-state index in [-0.39, 0.29) is 11.8 Å². The summed E-state index contributed by atoms with van der Waals surface area (Å²) in [5.74, 6) is 1.36. The van der Waals surface area contributed by atoms with Gasteiger partial charge in [-0.05, 0) is 38.0 Å². The van der Waals surface area contributed by atoms with Crippen molar-refractivity contribution in [2.45, 2.75) is 46.1 Å². The first-order chi connectivity index (χ1) is 9.58. The highest BCUT2D eigenvalue weighted by Crippen LogP contribution is 2.29. The minimum Gasteiger partial charge on any atom is -0.490 e. The fourth-order valence-electron chi connectivity index (χ4n) is 1.75.